The lowest BCUT2D eigenvalue weighted by molar-refractivity contribution is -0.200. The van der Waals surface area contributed by atoms with Gasteiger partial charge in [0.1, 0.15) is 0 Å². The number of aliphatic hydroxyl groups is 3. The van der Waals surface area contributed by atoms with Gasteiger partial charge in [-0.05, 0) is 104 Å². The summed E-state index contributed by atoms with van der Waals surface area (Å²) in [5.41, 5.74) is -0.550. The van der Waals surface area contributed by atoms with Crippen LogP contribution in [0.3, 0.4) is 0 Å². The Morgan fingerprint density at radius 1 is 1.00 bits per heavy atom. The Labute approximate surface area is 215 Å². The zero-order valence-electron chi connectivity index (χ0n) is 23.5. The molecule has 5 heteroatoms. The summed E-state index contributed by atoms with van der Waals surface area (Å²) in [4.78, 5) is 0. The minimum absolute atomic E-state index is 0.0938. The van der Waals surface area contributed by atoms with Crippen molar-refractivity contribution < 1.29 is 19.7 Å². The van der Waals surface area contributed by atoms with E-state index in [1.165, 1.54) is 0 Å². The summed E-state index contributed by atoms with van der Waals surface area (Å²) in [5, 5.41) is 34.6. The van der Waals surface area contributed by atoms with Gasteiger partial charge in [0.15, 0.2) is 8.32 Å². The molecule has 0 aliphatic heterocycles. The molecule has 200 valence electrons. The van der Waals surface area contributed by atoms with Crippen molar-refractivity contribution in [3.8, 4) is 0 Å². The van der Waals surface area contributed by atoms with Gasteiger partial charge >= 0.3 is 0 Å². The largest absolute Gasteiger partial charge is 0.417 e. The summed E-state index contributed by atoms with van der Waals surface area (Å²) in [6, 6.07) is 0. The Morgan fingerprint density at radius 2 is 1.63 bits per heavy atom. The molecule has 0 aromatic carbocycles. The molecule has 3 N–H and O–H groups in total. The molecule has 0 aromatic rings. The maximum Gasteiger partial charge on any atom is 0.191 e. The SMILES string of the molecule is C=C1C(=C)[C@]2(C)[C@H]3CC[C@@]4(C)[C@@H](CC[C@@]4(O)CCCO[Si](C)(C)C(C)(C)C)[C@@H]3CC[C@]2(O)C[C@H]1O. The molecule has 4 rings (SSSR count). The van der Waals surface area contributed by atoms with Crippen LogP contribution in [0.1, 0.15) is 92.4 Å². The van der Waals surface area contributed by atoms with Crippen molar-refractivity contribution in [2.45, 2.75) is 128 Å². The van der Waals surface area contributed by atoms with Crippen molar-refractivity contribution in [1.29, 1.82) is 0 Å². The lowest BCUT2D eigenvalue weighted by atomic mass is 9.41. The summed E-state index contributed by atoms with van der Waals surface area (Å²) in [7, 11) is -1.77. The second-order valence-corrected chi connectivity index (χ2v) is 19.4. The third-order valence-corrected chi connectivity index (χ3v) is 16.8. The standard InChI is InChI=1S/C30H52O4Si/c1-20-21(2)28(7)24-12-15-27(6)23(22(24)11-16-30(28,33)19-25(20)31)13-17-29(27,32)14-10-18-34-35(8,9)26(3,4)5/h22-25,31-33H,1-2,10-19H2,3-9H3/t22-,23-,24-,25+,27-,28+,29-,30-/m0/s1. The second-order valence-electron chi connectivity index (χ2n) is 14.6. The molecule has 0 amide bonds. The van der Waals surface area contributed by atoms with E-state index in [1.54, 1.807) is 0 Å². The van der Waals surface area contributed by atoms with Gasteiger partial charge in [0.05, 0.1) is 17.3 Å². The van der Waals surface area contributed by atoms with Crippen LogP contribution in [0.2, 0.25) is 18.1 Å². The van der Waals surface area contributed by atoms with Crippen LogP contribution in [-0.2, 0) is 4.43 Å². The molecule has 4 aliphatic carbocycles. The molecule has 4 nitrogen and oxygen atoms in total. The second kappa shape index (κ2) is 8.52. The number of rotatable bonds is 5. The molecule has 4 saturated carbocycles. The molecule has 0 radical (unpaired) electrons. The maximum absolute atomic E-state index is 12.0. The van der Waals surface area contributed by atoms with Crippen LogP contribution in [0.25, 0.3) is 0 Å². The van der Waals surface area contributed by atoms with Gasteiger partial charge in [0, 0.05) is 18.4 Å². The minimum atomic E-state index is -1.77. The van der Waals surface area contributed by atoms with Gasteiger partial charge in [-0.1, -0.05) is 47.8 Å². The number of hydrogen-bond donors (Lipinski definition) is 3. The first-order valence-corrected chi connectivity index (χ1v) is 17.0. The van der Waals surface area contributed by atoms with Crippen LogP contribution >= 0.6 is 0 Å². The van der Waals surface area contributed by atoms with E-state index in [9.17, 15) is 15.3 Å². The summed E-state index contributed by atoms with van der Waals surface area (Å²) < 4.78 is 6.43. The highest BCUT2D eigenvalue weighted by atomic mass is 28.4. The van der Waals surface area contributed by atoms with Crippen LogP contribution in [0.4, 0.5) is 0 Å². The van der Waals surface area contributed by atoms with Crippen LogP contribution in [0.15, 0.2) is 24.3 Å². The third-order valence-electron chi connectivity index (χ3n) is 12.3. The molecule has 0 unspecified atom stereocenters. The average Bonchev–Trinajstić information content (AvgIpc) is 3.02. The van der Waals surface area contributed by atoms with E-state index in [0.717, 1.165) is 57.1 Å². The molecule has 0 bridgehead atoms. The first-order valence-electron chi connectivity index (χ1n) is 14.1. The maximum atomic E-state index is 12.0. The average molecular weight is 505 g/mol. The van der Waals surface area contributed by atoms with E-state index in [4.69, 9.17) is 4.43 Å². The van der Waals surface area contributed by atoms with Crippen LogP contribution in [-0.4, -0.2) is 47.5 Å². The summed E-state index contributed by atoms with van der Waals surface area (Å²) in [5.74, 6) is 1.25. The highest BCUT2D eigenvalue weighted by Crippen LogP contribution is 2.70. The molecule has 4 fully saturated rings. The van der Waals surface area contributed by atoms with E-state index in [2.05, 4.69) is 60.9 Å². The quantitative estimate of drug-likeness (QED) is 0.300. The molecule has 4 aliphatic rings. The van der Waals surface area contributed by atoms with Gasteiger partial charge in [-0.25, -0.2) is 0 Å². The fourth-order valence-corrected chi connectivity index (χ4v) is 9.73. The van der Waals surface area contributed by atoms with E-state index in [-0.39, 0.29) is 10.5 Å². The van der Waals surface area contributed by atoms with Crippen molar-refractivity contribution in [1.82, 2.24) is 0 Å². The molecule has 0 saturated heterocycles. The van der Waals surface area contributed by atoms with Crippen molar-refractivity contribution >= 4 is 8.32 Å². The first-order chi connectivity index (χ1) is 15.9. The van der Waals surface area contributed by atoms with Crippen LogP contribution in [0.5, 0.6) is 0 Å². The predicted molar refractivity (Wildman–Crippen MR) is 146 cm³/mol. The van der Waals surface area contributed by atoms with Gasteiger partial charge < -0.3 is 19.7 Å². The fourth-order valence-electron chi connectivity index (χ4n) is 8.64. The minimum Gasteiger partial charge on any atom is -0.417 e. The normalized spacial score (nSPS) is 46.2. The van der Waals surface area contributed by atoms with Crippen molar-refractivity contribution in [3.05, 3.63) is 24.3 Å². The van der Waals surface area contributed by atoms with Crippen LogP contribution < -0.4 is 0 Å². The smallest absolute Gasteiger partial charge is 0.191 e. The Hall–Kier alpha value is -0.463. The summed E-state index contributed by atoms with van der Waals surface area (Å²) in [6.45, 7) is 25.2. The Bertz CT molecular complexity index is 876. The Morgan fingerprint density at radius 3 is 2.26 bits per heavy atom. The lowest BCUT2D eigenvalue weighted by Gasteiger charge is -2.65. The van der Waals surface area contributed by atoms with Gasteiger partial charge in [0.25, 0.3) is 0 Å². The Balaban J connectivity index is 1.49. The zero-order valence-corrected chi connectivity index (χ0v) is 24.5. The number of aliphatic hydroxyl groups excluding tert-OH is 1. The van der Waals surface area contributed by atoms with E-state index >= 15 is 0 Å². The third kappa shape index (κ3) is 3.90. The van der Waals surface area contributed by atoms with Gasteiger partial charge in [-0.3, -0.25) is 0 Å². The molecular weight excluding hydrogens is 452 g/mol. The van der Waals surface area contributed by atoms with Crippen LogP contribution in [0, 0.1) is 28.6 Å². The van der Waals surface area contributed by atoms with Crippen molar-refractivity contribution in [2.24, 2.45) is 28.6 Å². The molecule has 0 heterocycles. The van der Waals surface area contributed by atoms with Gasteiger partial charge in [-0.15, -0.1) is 0 Å². The topological polar surface area (TPSA) is 69.9 Å². The van der Waals surface area contributed by atoms with E-state index in [0.29, 0.717) is 36.2 Å². The van der Waals surface area contributed by atoms with Gasteiger partial charge in [0.2, 0.25) is 0 Å². The molecular formula is C30H52O4Si. The van der Waals surface area contributed by atoms with Crippen molar-refractivity contribution in [3.63, 3.8) is 0 Å². The highest BCUT2D eigenvalue weighted by molar-refractivity contribution is 6.74. The van der Waals surface area contributed by atoms with E-state index < -0.39 is 31.0 Å². The summed E-state index contributed by atoms with van der Waals surface area (Å²) >= 11 is 0. The monoisotopic (exact) mass is 504 g/mol. The molecule has 8 atom stereocenters. The van der Waals surface area contributed by atoms with Crippen molar-refractivity contribution in [2.75, 3.05) is 6.61 Å². The molecule has 0 spiro atoms. The lowest BCUT2D eigenvalue weighted by Crippen LogP contribution is -2.64. The number of fused-ring (bicyclic) bond motifs is 5. The zero-order chi connectivity index (χ0) is 26.2. The van der Waals surface area contributed by atoms with E-state index in [1.807, 2.05) is 0 Å². The predicted octanol–water partition coefficient (Wildman–Crippen LogP) is 6.37. The summed E-state index contributed by atoms with van der Waals surface area (Å²) in [6.07, 6.45) is 6.93. The van der Waals surface area contributed by atoms with Gasteiger partial charge in [-0.2, -0.15) is 0 Å². The fraction of sp³-hybridized carbons (Fsp3) is 0.867. The molecule has 35 heavy (non-hydrogen) atoms. The molecule has 0 aromatic heterocycles. The Kier molecular flexibility index (Phi) is 6.71. The number of hydrogen-bond acceptors (Lipinski definition) is 4. The highest BCUT2D eigenvalue weighted by Gasteiger charge is 2.68. The first kappa shape index (κ1) is 27.6.